The van der Waals surface area contributed by atoms with Crippen molar-refractivity contribution in [3.63, 3.8) is 0 Å². The first-order valence-corrected chi connectivity index (χ1v) is 7.28. The van der Waals surface area contributed by atoms with E-state index >= 15 is 0 Å². The molecule has 1 saturated heterocycles. The van der Waals surface area contributed by atoms with Crippen molar-refractivity contribution in [2.75, 3.05) is 20.2 Å². The normalized spacial score (nSPS) is 24.9. The topological polar surface area (TPSA) is 38.5 Å². The van der Waals surface area contributed by atoms with Crippen LogP contribution in [0.4, 0.5) is 0 Å². The van der Waals surface area contributed by atoms with Gasteiger partial charge in [0, 0.05) is 35.3 Å². The molecule has 1 heterocycles. The molecule has 1 aliphatic rings. The fourth-order valence-electron chi connectivity index (χ4n) is 2.77. The molecule has 3 nitrogen and oxygen atoms in total. The van der Waals surface area contributed by atoms with E-state index in [0.29, 0.717) is 22.6 Å². The average molecular weight is 303 g/mol. The maximum atomic E-state index is 6.28. The molecular formula is C14H20Cl2N2O. The molecule has 19 heavy (non-hydrogen) atoms. The predicted molar refractivity (Wildman–Crippen MR) is 79.8 cm³/mol. The van der Waals surface area contributed by atoms with Gasteiger partial charge in [-0.3, -0.25) is 4.90 Å². The molecule has 1 aromatic carbocycles. The molecule has 0 aliphatic carbocycles. The van der Waals surface area contributed by atoms with Gasteiger partial charge in [-0.1, -0.05) is 23.2 Å². The second kappa shape index (κ2) is 6.42. The minimum absolute atomic E-state index is 0.0559. The Morgan fingerprint density at radius 3 is 2.79 bits per heavy atom. The van der Waals surface area contributed by atoms with Crippen molar-refractivity contribution in [3.05, 3.63) is 33.8 Å². The fourth-order valence-corrected chi connectivity index (χ4v) is 3.19. The molecule has 0 radical (unpaired) electrons. The summed E-state index contributed by atoms with van der Waals surface area (Å²) < 4.78 is 5.63. The summed E-state index contributed by atoms with van der Waals surface area (Å²) in [6.45, 7) is 3.40. The SMILES string of the molecule is CC1OCCC1N(C)C(CN)c1cc(Cl)ccc1Cl. The number of likely N-dealkylation sites (N-methyl/N-ethyl adjacent to an activating group) is 1. The lowest BCUT2D eigenvalue weighted by molar-refractivity contribution is 0.0686. The number of hydrogen-bond acceptors (Lipinski definition) is 3. The zero-order chi connectivity index (χ0) is 14.0. The largest absolute Gasteiger partial charge is 0.377 e. The minimum atomic E-state index is 0.0559. The zero-order valence-corrected chi connectivity index (χ0v) is 12.8. The fraction of sp³-hybridized carbons (Fsp3) is 0.571. The Bertz CT molecular complexity index is 441. The first-order valence-electron chi connectivity index (χ1n) is 6.53. The highest BCUT2D eigenvalue weighted by molar-refractivity contribution is 6.33. The number of halogens is 2. The van der Waals surface area contributed by atoms with Crippen LogP contribution in [0.5, 0.6) is 0 Å². The molecule has 2 N–H and O–H groups in total. The van der Waals surface area contributed by atoms with Gasteiger partial charge in [0.1, 0.15) is 0 Å². The Kier molecular flexibility index (Phi) is 5.09. The summed E-state index contributed by atoms with van der Waals surface area (Å²) in [5.41, 5.74) is 6.94. The van der Waals surface area contributed by atoms with Crippen LogP contribution in [0.1, 0.15) is 24.9 Å². The van der Waals surface area contributed by atoms with Gasteiger partial charge in [-0.15, -0.1) is 0 Å². The van der Waals surface area contributed by atoms with Crippen LogP contribution in [-0.2, 0) is 4.74 Å². The molecule has 3 unspecified atom stereocenters. The lowest BCUT2D eigenvalue weighted by Gasteiger charge is -2.34. The highest BCUT2D eigenvalue weighted by Gasteiger charge is 2.32. The average Bonchev–Trinajstić information content (AvgIpc) is 2.80. The molecule has 5 heteroatoms. The third-order valence-corrected chi connectivity index (χ3v) is 4.47. The molecule has 1 fully saturated rings. The standard InChI is InChI=1S/C14H20Cl2N2O/c1-9-13(5-6-19-9)18(2)14(8-17)11-7-10(15)3-4-12(11)16/h3-4,7,9,13-14H,5-6,8,17H2,1-2H3. The Labute approximate surface area is 124 Å². The van der Waals surface area contributed by atoms with Gasteiger partial charge in [0.15, 0.2) is 0 Å². The van der Waals surface area contributed by atoms with Gasteiger partial charge in [-0.2, -0.15) is 0 Å². The highest BCUT2D eigenvalue weighted by Crippen LogP contribution is 2.32. The van der Waals surface area contributed by atoms with Crippen LogP contribution in [0.15, 0.2) is 18.2 Å². The molecule has 0 aromatic heterocycles. The summed E-state index contributed by atoms with van der Waals surface area (Å²) in [7, 11) is 2.07. The van der Waals surface area contributed by atoms with Crippen molar-refractivity contribution >= 4 is 23.2 Å². The summed E-state index contributed by atoms with van der Waals surface area (Å²) in [6.07, 6.45) is 1.24. The third-order valence-electron chi connectivity index (χ3n) is 3.89. The summed E-state index contributed by atoms with van der Waals surface area (Å²) in [4.78, 5) is 2.26. The lowest BCUT2D eigenvalue weighted by atomic mass is 10.0. The summed E-state index contributed by atoms with van der Waals surface area (Å²) in [5, 5.41) is 1.39. The second-order valence-corrected chi connectivity index (χ2v) is 5.86. The van der Waals surface area contributed by atoms with E-state index in [1.165, 1.54) is 0 Å². The van der Waals surface area contributed by atoms with Gasteiger partial charge in [0.2, 0.25) is 0 Å². The van der Waals surface area contributed by atoms with Crippen LogP contribution >= 0.6 is 23.2 Å². The lowest BCUT2D eigenvalue weighted by Crippen LogP contribution is -2.42. The van der Waals surface area contributed by atoms with Crippen LogP contribution in [0.3, 0.4) is 0 Å². The first-order chi connectivity index (χ1) is 9.04. The number of nitrogens with two attached hydrogens (primary N) is 1. The number of hydrogen-bond donors (Lipinski definition) is 1. The molecule has 0 bridgehead atoms. The molecule has 0 amide bonds. The van der Waals surface area contributed by atoms with Crippen molar-refractivity contribution in [1.82, 2.24) is 4.90 Å². The Hall–Kier alpha value is -0.320. The van der Waals surface area contributed by atoms with Crippen LogP contribution < -0.4 is 5.73 Å². The van der Waals surface area contributed by atoms with E-state index in [9.17, 15) is 0 Å². The van der Waals surface area contributed by atoms with Gasteiger partial charge in [-0.05, 0) is 44.2 Å². The number of rotatable bonds is 4. The first kappa shape index (κ1) is 15.1. The smallest absolute Gasteiger partial charge is 0.0703 e. The van der Waals surface area contributed by atoms with Gasteiger partial charge in [0.05, 0.1) is 6.10 Å². The van der Waals surface area contributed by atoms with Gasteiger partial charge >= 0.3 is 0 Å². The second-order valence-electron chi connectivity index (χ2n) is 5.01. The van der Waals surface area contributed by atoms with Crippen molar-refractivity contribution in [2.24, 2.45) is 5.73 Å². The van der Waals surface area contributed by atoms with E-state index in [1.807, 2.05) is 12.1 Å². The van der Waals surface area contributed by atoms with Crippen molar-refractivity contribution in [3.8, 4) is 0 Å². The van der Waals surface area contributed by atoms with Gasteiger partial charge in [0.25, 0.3) is 0 Å². The monoisotopic (exact) mass is 302 g/mol. The molecule has 0 spiro atoms. The third kappa shape index (κ3) is 3.23. The van der Waals surface area contributed by atoms with E-state index in [4.69, 9.17) is 33.7 Å². The molecule has 106 valence electrons. The van der Waals surface area contributed by atoms with Crippen LogP contribution in [0, 0.1) is 0 Å². The van der Waals surface area contributed by atoms with E-state index in [0.717, 1.165) is 18.6 Å². The Balaban J connectivity index is 2.26. The molecular weight excluding hydrogens is 283 g/mol. The van der Waals surface area contributed by atoms with Gasteiger partial charge < -0.3 is 10.5 Å². The molecule has 1 aliphatic heterocycles. The van der Waals surface area contributed by atoms with Gasteiger partial charge in [-0.25, -0.2) is 0 Å². The number of benzene rings is 1. The maximum absolute atomic E-state index is 6.28. The van der Waals surface area contributed by atoms with Crippen LogP contribution in [0.2, 0.25) is 10.0 Å². The van der Waals surface area contributed by atoms with E-state index < -0.39 is 0 Å². The summed E-state index contributed by atoms with van der Waals surface area (Å²) in [6, 6.07) is 5.94. The zero-order valence-electron chi connectivity index (χ0n) is 11.3. The maximum Gasteiger partial charge on any atom is 0.0703 e. The van der Waals surface area contributed by atoms with Crippen molar-refractivity contribution in [2.45, 2.75) is 31.5 Å². The number of nitrogens with zero attached hydrogens (tertiary/aromatic N) is 1. The predicted octanol–water partition coefficient (Wildman–Crippen LogP) is 3.10. The quantitative estimate of drug-likeness (QED) is 0.929. The van der Waals surface area contributed by atoms with E-state index in [1.54, 1.807) is 6.07 Å². The molecule has 3 atom stereocenters. The molecule has 2 rings (SSSR count). The van der Waals surface area contributed by atoms with Crippen molar-refractivity contribution in [1.29, 1.82) is 0 Å². The minimum Gasteiger partial charge on any atom is -0.377 e. The van der Waals surface area contributed by atoms with Crippen LogP contribution in [-0.4, -0.2) is 37.2 Å². The molecule has 1 aromatic rings. The highest BCUT2D eigenvalue weighted by atomic mass is 35.5. The Morgan fingerprint density at radius 1 is 1.47 bits per heavy atom. The summed E-state index contributed by atoms with van der Waals surface area (Å²) >= 11 is 12.4. The van der Waals surface area contributed by atoms with E-state index in [-0.39, 0.29) is 12.1 Å². The van der Waals surface area contributed by atoms with E-state index in [2.05, 4.69) is 18.9 Å². The molecule has 0 saturated carbocycles. The Morgan fingerprint density at radius 2 is 2.21 bits per heavy atom. The van der Waals surface area contributed by atoms with Crippen LogP contribution in [0.25, 0.3) is 0 Å². The summed E-state index contributed by atoms with van der Waals surface area (Å²) in [5.74, 6) is 0. The van der Waals surface area contributed by atoms with Crippen molar-refractivity contribution < 1.29 is 4.74 Å². The number of ether oxygens (including phenoxy) is 1.